The Kier molecular flexibility index (Phi) is 7.82. The van der Waals surface area contributed by atoms with Crippen LogP contribution in [0.3, 0.4) is 0 Å². The minimum atomic E-state index is -4.04. The van der Waals surface area contributed by atoms with Gasteiger partial charge in [0.15, 0.2) is 11.5 Å². The number of anilines is 3. The number of rotatable bonds is 10. The summed E-state index contributed by atoms with van der Waals surface area (Å²) in [5.41, 5.74) is -1.78. The van der Waals surface area contributed by atoms with Crippen LogP contribution in [0.2, 0.25) is 0 Å². The number of carbonyl (C=O) groups excluding carboxylic acids is 1. The van der Waals surface area contributed by atoms with Gasteiger partial charge in [0.2, 0.25) is 5.88 Å². The van der Waals surface area contributed by atoms with Gasteiger partial charge in [-0.25, -0.2) is 8.42 Å². The Morgan fingerprint density at radius 2 is 1.57 bits per heavy atom. The van der Waals surface area contributed by atoms with Crippen LogP contribution >= 0.6 is 0 Å². The maximum atomic E-state index is 12.7. The summed E-state index contributed by atoms with van der Waals surface area (Å²) in [6.45, 7) is 3.30. The second-order valence-corrected chi connectivity index (χ2v) is 9.43. The summed E-state index contributed by atoms with van der Waals surface area (Å²) in [6, 6.07) is 9.25. The van der Waals surface area contributed by atoms with E-state index < -0.39 is 37.2 Å². The molecular formula is C21H21N7O8S. The van der Waals surface area contributed by atoms with Crippen molar-refractivity contribution in [1.82, 2.24) is 10.2 Å². The summed E-state index contributed by atoms with van der Waals surface area (Å²) in [4.78, 5) is 34.0. The second kappa shape index (κ2) is 10.8. The zero-order valence-corrected chi connectivity index (χ0v) is 20.5. The monoisotopic (exact) mass is 531 g/mol. The normalized spacial score (nSPS) is 11.0. The van der Waals surface area contributed by atoms with E-state index in [1.54, 1.807) is 13.8 Å². The molecule has 0 unspecified atom stereocenters. The van der Waals surface area contributed by atoms with Gasteiger partial charge in [-0.2, -0.15) is 0 Å². The van der Waals surface area contributed by atoms with E-state index in [1.807, 2.05) is 0 Å². The van der Waals surface area contributed by atoms with Gasteiger partial charge in [0, 0.05) is 29.9 Å². The number of nitro benzene ring substituents is 2. The molecule has 3 rings (SSSR count). The molecule has 0 radical (unpaired) electrons. The summed E-state index contributed by atoms with van der Waals surface area (Å²) in [7, 11) is -2.65. The Balaban J connectivity index is 1.83. The first-order valence-corrected chi connectivity index (χ1v) is 11.9. The summed E-state index contributed by atoms with van der Waals surface area (Å²) in [5, 5.41) is 35.5. The molecule has 194 valence electrons. The Morgan fingerprint density at radius 1 is 0.973 bits per heavy atom. The van der Waals surface area contributed by atoms with E-state index in [9.17, 15) is 33.4 Å². The number of aromatic nitrogens is 2. The van der Waals surface area contributed by atoms with Gasteiger partial charge in [0.05, 0.1) is 27.4 Å². The molecule has 15 nitrogen and oxygen atoms in total. The molecule has 0 saturated heterocycles. The molecule has 2 aromatic carbocycles. The van der Waals surface area contributed by atoms with Crippen molar-refractivity contribution in [3.63, 3.8) is 0 Å². The van der Waals surface area contributed by atoms with E-state index in [2.05, 4.69) is 25.6 Å². The van der Waals surface area contributed by atoms with Crippen LogP contribution in [0.4, 0.5) is 28.6 Å². The first-order valence-electron chi connectivity index (χ1n) is 10.5. The van der Waals surface area contributed by atoms with E-state index in [1.165, 1.54) is 43.5 Å². The van der Waals surface area contributed by atoms with Crippen molar-refractivity contribution in [3.8, 4) is 5.88 Å². The maximum Gasteiger partial charge on any atom is 0.300 e. The lowest BCUT2D eigenvalue weighted by Crippen LogP contribution is -2.17. The average molecular weight is 532 g/mol. The van der Waals surface area contributed by atoms with Crippen LogP contribution in [0.5, 0.6) is 5.88 Å². The number of hydrogen-bond donors (Lipinski definition) is 3. The van der Waals surface area contributed by atoms with Crippen LogP contribution in [0.25, 0.3) is 0 Å². The quantitative estimate of drug-likeness (QED) is 0.255. The Morgan fingerprint density at radius 3 is 2.03 bits per heavy atom. The zero-order valence-electron chi connectivity index (χ0n) is 19.7. The van der Waals surface area contributed by atoms with Crippen molar-refractivity contribution in [2.75, 3.05) is 22.5 Å². The van der Waals surface area contributed by atoms with Gasteiger partial charge in [-0.15, -0.1) is 10.2 Å². The number of nitrogens with one attached hydrogen (secondary N) is 3. The predicted octanol–water partition coefficient (Wildman–Crippen LogP) is 3.18. The Hall–Kier alpha value is -4.86. The van der Waals surface area contributed by atoms with Gasteiger partial charge in [-0.05, 0) is 44.2 Å². The average Bonchev–Trinajstić information content (AvgIpc) is 2.84. The van der Waals surface area contributed by atoms with Crippen LogP contribution in [-0.4, -0.2) is 47.5 Å². The highest BCUT2D eigenvalue weighted by Crippen LogP contribution is 2.36. The fourth-order valence-electron chi connectivity index (χ4n) is 3.07. The molecule has 0 atom stereocenters. The molecule has 16 heteroatoms. The summed E-state index contributed by atoms with van der Waals surface area (Å²) < 4.78 is 32.3. The minimum absolute atomic E-state index is 0.0447. The first-order chi connectivity index (χ1) is 17.4. The first kappa shape index (κ1) is 26.7. The van der Waals surface area contributed by atoms with Crippen molar-refractivity contribution >= 4 is 44.5 Å². The number of hydrogen-bond acceptors (Lipinski definition) is 11. The Labute approximate surface area is 210 Å². The summed E-state index contributed by atoms with van der Waals surface area (Å²) >= 11 is 0. The molecule has 0 bridgehead atoms. The van der Waals surface area contributed by atoms with Crippen molar-refractivity contribution in [3.05, 3.63) is 74.3 Å². The Bertz CT molecular complexity index is 1410. The molecule has 0 fully saturated rings. The van der Waals surface area contributed by atoms with Crippen LogP contribution < -0.4 is 20.1 Å². The van der Waals surface area contributed by atoms with Crippen LogP contribution in [0.15, 0.2) is 53.4 Å². The van der Waals surface area contributed by atoms with E-state index in [-0.39, 0.29) is 39.6 Å². The van der Waals surface area contributed by atoms with Gasteiger partial charge < -0.3 is 15.4 Å². The molecule has 0 aliphatic rings. The topological polar surface area (TPSA) is 209 Å². The smallest absolute Gasteiger partial charge is 0.300 e. The number of nitro groups is 2. The van der Waals surface area contributed by atoms with Crippen LogP contribution in [0.1, 0.15) is 24.2 Å². The number of methoxy groups -OCH3 is 1. The van der Waals surface area contributed by atoms with Crippen molar-refractivity contribution in [1.29, 1.82) is 0 Å². The van der Waals surface area contributed by atoms with Crippen LogP contribution in [0, 0.1) is 20.2 Å². The largest absolute Gasteiger partial charge is 0.480 e. The molecule has 3 N–H and O–H groups in total. The molecule has 37 heavy (non-hydrogen) atoms. The number of nitrogens with zero attached hydrogens (tertiary/aromatic N) is 4. The second-order valence-electron chi connectivity index (χ2n) is 7.75. The SMILES string of the molecule is COc1ccc(NS(=O)(=O)c2ccc(NC(=O)c3cc([N+](=O)[O-])c(NC(C)C)c([N+](=O)[O-])c3)cc2)nn1. The predicted molar refractivity (Wildman–Crippen MR) is 132 cm³/mol. The lowest BCUT2D eigenvalue weighted by molar-refractivity contribution is -0.392. The molecule has 0 saturated carbocycles. The van der Waals surface area contributed by atoms with Crippen molar-refractivity contribution in [2.24, 2.45) is 0 Å². The number of benzene rings is 2. The van der Waals surface area contributed by atoms with Gasteiger partial charge in [0.1, 0.15) is 0 Å². The highest BCUT2D eigenvalue weighted by atomic mass is 32.2. The van der Waals surface area contributed by atoms with E-state index in [0.717, 1.165) is 12.1 Å². The maximum absolute atomic E-state index is 12.7. The highest BCUT2D eigenvalue weighted by Gasteiger charge is 2.29. The van der Waals surface area contributed by atoms with E-state index >= 15 is 0 Å². The highest BCUT2D eigenvalue weighted by molar-refractivity contribution is 7.92. The number of sulfonamides is 1. The fraction of sp³-hybridized carbons (Fsp3) is 0.190. The van der Waals surface area contributed by atoms with E-state index in [0.29, 0.717) is 0 Å². The van der Waals surface area contributed by atoms with E-state index in [4.69, 9.17) is 4.74 Å². The lowest BCUT2D eigenvalue weighted by Gasteiger charge is -2.12. The fourth-order valence-corrected chi connectivity index (χ4v) is 4.06. The van der Waals surface area contributed by atoms with Crippen LogP contribution in [-0.2, 0) is 10.0 Å². The molecular weight excluding hydrogens is 510 g/mol. The molecule has 0 aliphatic heterocycles. The molecule has 3 aromatic rings. The van der Waals surface area contributed by atoms with Crippen molar-refractivity contribution < 1.29 is 27.8 Å². The summed E-state index contributed by atoms with van der Waals surface area (Å²) in [5.74, 6) is -0.717. The number of amides is 1. The zero-order chi connectivity index (χ0) is 27.3. The molecule has 1 aromatic heterocycles. The third-order valence-corrected chi connectivity index (χ3v) is 6.07. The van der Waals surface area contributed by atoms with Gasteiger partial charge in [-0.3, -0.25) is 29.7 Å². The van der Waals surface area contributed by atoms with Gasteiger partial charge >= 0.3 is 0 Å². The van der Waals surface area contributed by atoms with Crippen molar-refractivity contribution in [2.45, 2.75) is 24.8 Å². The standard InChI is InChI=1S/C21H21N7O8S/c1-12(2)22-20-16(27(30)31)10-13(11-17(20)28(32)33)21(29)23-14-4-6-15(7-5-14)37(34,35)26-18-8-9-19(36-3)25-24-18/h4-12,22H,1-3H3,(H,23,29)(H,24,26). The minimum Gasteiger partial charge on any atom is -0.480 e. The molecule has 0 aliphatic carbocycles. The van der Waals surface area contributed by atoms with Gasteiger partial charge in [-0.1, -0.05) is 0 Å². The molecule has 1 heterocycles. The molecule has 1 amide bonds. The number of carbonyl (C=O) groups is 1. The third kappa shape index (κ3) is 6.43. The summed E-state index contributed by atoms with van der Waals surface area (Å²) in [6.07, 6.45) is 0. The number of ether oxygens (including phenoxy) is 1. The lowest BCUT2D eigenvalue weighted by atomic mass is 10.1. The molecule has 0 spiro atoms. The third-order valence-electron chi connectivity index (χ3n) is 4.70. The van der Waals surface area contributed by atoms with Gasteiger partial charge in [0.25, 0.3) is 27.3 Å².